The molecule has 0 bridgehead atoms. The normalized spacial score (nSPS) is 17.0. The van der Waals surface area contributed by atoms with Gasteiger partial charge in [-0.1, -0.05) is 22.0 Å². The summed E-state index contributed by atoms with van der Waals surface area (Å²) < 4.78 is 1.46. The number of hydrogen-bond donors (Lipinski definition) is 2. The third kappa shape index (κ3) is 4.41. The Morgan fingerprint density at radius 2 is 2.11 bits per heavy atom. The number of carboxylic acid groups (broad SMARTS) is 1. The fraction of sp³-hybridized carbons (Fsp3) is 0.105. The van der Waals surface area contributed by atoms with E-state index in [1.165, 1.54) is 28.8 Å². The maximum atomic E-state index is 12.8. The van der Waals surface area contributed by atoms with Crippen LogP contribution in [0.1, 0.15) is 22.8 Å². The predicted octanol–water partition coefficient (Wildman–Crippen LogP) is 5.08. The van der Waals surface area contributed by atoms with Gasteiger partial charge in [0.15, 0.2) is 5.17 Å². The lowest BCUT2D eigenvalue weighted by atomic mass is 10.2. The number of hydrogen-bond acceptors (Lipinski definition) is 5. The Morgan fingerprint density at radius 3 is 2.79 bits per heavy atom. The van der Waals surface area contributed by atoms with E-state index in [0.717, 1.165) is 4.47 Å². The molecule has 28 heavy (non-hydrogen) atoms. The number of aromatic hydroxyl groups is 1. The molecule has 0 aliphatic carbocycles. The van der Waals surface area contributed by atoms with Gasteiger partial charge in [-0.2, -0.15) is 0 Å². The molecule has 2 N–H and O–H groups in total. The minimum atomic E-state index is -1.04. The van der Waals surface area contributed by atoms with E-state index in [-0.39, 0.29) is 17.2 Å². The lowest BCUT2D eigenvalue weighted by Crippen LogP contribution is -2.28. The Morgan fingerprint density at radius 1 is 1.36 bits per heavy atom. The Labute approximate surface area is 187 Å². The molecule has 144 valence electrons. The van der Waals surface area contributed by atoms with Gasteiger partial charge in [-0.3, -0.25) is 9.69 Å². The number of nitrogens with zero attached hydrogens (tertiary/aromatic N) is 2. The summed E-state index contributed by atoms with van der Waals surface area (Å²) in [5, 5.41) is 19.9. The van der Waals surface area contributed by atoms with Gasteiger partial charge in [0, 0.05) is 16.6 Å². The van der Waals surface area contributed by atoms with Gasteiger partial charge in [-0.25, -0.2) is 9.79 Å². The van der Waals surface area contributed by atoms with Crippen LogP contribution < -0.4 is 0 Å². The van der Waals surface area contributed by atoms with Gasteiger partial charge in [-0.15, -0.1) is 0 Å². The van der Waals surface area contributed by atoms with Crippen LogP contribution in [0.4, 0.5) is 5.69 Å². The van der Waals surface area contributed by atoms with Gasteiger partial charge < -0.3 is 10.2 Å². The number of amides is 1. The average molecular weight is 573 g/mol. The van der Waals surface area contributed by atoms with Gasteiger partial charge in [-0.05, 0) is 77.7 Å². The molecule has 1 aliphatic rings. The van der Waals surface area contributed by atoms with E-state index in [4.69, 9.17) is 5.11 Å². The number of carbonyl (C=O) groups is 2. The molecule has 1 amide bonds. The highest BCUT2D eigenvalue weighted by Crippen LogP contribution is 2.37. The van der Waals surface area contributed by atoms with E-state index in [1.807, 2.05) is 29.5 Å². The van der Waals surface area contributed by atoms with Crippen molar-refractivity contribution in [3.8, 4) is 5.75 Å². The molecule has 0 radical (unpaired) electrons. The summed E-state index contributed by atoms with van der Waals surface area (Å²) in [6.45, 7) is 2.26. The van der Waals surface area contributed by atoms with E-state index >= 15 is 0 Å². The topological polar surface area (TPSA) is 90.2 Å². The summed E-state index contributed by atoms with van der Waals surface area (Å²) in [7, 11) is 0. The first-order valence-electron chi connectivity index (χ1n) is 8.11. The molecule has 0 saturated carbocycles. The van der Waals surface area contributed by atoms with Crippen LogP contribution in [0, 0.1) is 3.57 Å². The number of thioether (sulfide) groups is 1. The summed E-state index contributed by atoms with van der Waals surface area (Å²) >= 11 is 6.60. The quantitative estimate of drug-likeness (QED) is 0.394. The highest BCUT2D eigenvalue weighted by atomic mass is 127. The minimum Gasteiger partial charge on any atom is -0.506 e. The van der Waals surface area contributed by atoms with Gasteiger partial charge in [0.05, 0.1) is 19.7 Å². The number of halogens is 2. The van der Waals surface area contributed by atoms with E-state index in [0.29, 0.717) is 31.4 Å². The monoisotopic (exact) mass is 572 g/mol. The van der Waals surface area contributed by atoms with Crippen molar-refractivity contribution in [1.29, 1.82) is 0 Å². The first-order valence-corrected chi connectivity index (χ1v) is 10.8. The van der Waals surface area contributed by atoms with E-state index < -0.39 is 5.97 Å². The second-order valence-corrected chi connectivity index (χ2v) is 8.82. The molecule has 0 unspecified atom stereocenters. The summed E-state index contributed by atoms with van der Waals surface area (Å²) in [4.78, 5) is 30.3. The number of aliphatic imine (C=N–C) groups is 1. The zero-order valence-electron chi connectivity index (χ0n) is 14.5. The van der Waals surface area contributed by atoms with Gasteiger partial charge in [0.2, 0.25) is 0 Å². The molecule has 6 nitrogen and oxygen atoms in total. The lowest BCUT2D eigenvalue weighted by molar-refractivity contribution is -0.122. The number of phenolic OH excluding ortho intramolecular Hbond substituents is 1. The lowest BCUT2D eigenvalue weighted by Gasteiger charge is -2.12. The number of carbonyl (C=O) groups excluding carboxylic acids is 1. The average Bonchev–Trinajstić information content (AvgIpc) is 2.93. The van der Waals surface area contributed by atoms with Crippen molar-refractivity contribution in [2.24, 2.45) is 4.99 Å². The molecular formula is C19H14BrIN2O4S. The summed E-state index contributed by atoms with van der Waals surface area (Å²) in [5.41, 5.74) is 1.11. The van der Waals surface area contributed by atoms with E-state index in [1.54, 1.807) is 30.3 Å². The Kier molecular flexibility index (Phi) is 6.46. The molecule has 0 aromatic heterocycles. The van der Waals surface area contributed by atoms with Crippen LogP contribution in [-0.4, -0.2) is 38.7 Å². The zero-order chi connectivity index (χ0) is 20.4. The second-order valence-electron chi connectivity index (χ2n) is 5.74. The molecular weight excluding hydrogens is 559 g/mol. The van der Waals surface area contributed by atoms with Crippen molar-refractivity contribution < 1.29 is 19.8 Å². The van der Waals surface area contributed by atoms with Crippen molar-refractivity contribution in [2.45, 2.75) is 6.92 Å². The van der Waals surface area contributed by atoms with Crippen LogP contribution in [0.3, 0.4) is 0 Å². The molecule has 1 heterocycles. The fourth-order valence-electron chi connectivity index (χ4n) is 2.53. The zero-order valence-corrected chi connectivity index (χ0v) is 19.1. The molecule has 9 heteroatoms. The summed E-state index contributed by atoms with van der Waals surface area (Å²) in [6.07, 6.45) is 1.63. The number of carboxylic acids is 1. The van der Waals surface area contributed by atoms with Crippen LogP contribution in [0.5, 0.6) is 5.75 Å². The predicted molar refractivity (Wildman–Crippen MR) is 122 cm³/mol. The largest absolute Gasteiger partial charge is 0.506 e. The third-order valence-corrected chi connectivity index (χ3v) is 6.15. The maximum absolute atomic E-state index is 12.8. The number of amidine groups is 1. The summed E-state index contributed by atoms with van der Waals surface area (Å²) in [6, 6.07) is 9.75. The number of phenols is 1. The molecule has 1 fully saturated rings. The Balaban J connectivity index is 1.99. The van der Waals surface area contributed by atoms with Crippen LogP contribution in [0.15, 0.2) is 50.8 Å². The Bertz CT molecular complexity index is 1040. The summed E-state index contributed by atoms with van der Waals surface area (Å²) in [5.74, 6) is -1.15. The Hall–Kier alpha value is -1.85. The molecule has 2 aromatic rings. The smallest absolute Gasteiger partial charge is 0.335 e. The number of likely N-dealkylation sites (N-methyl/N-ethyl adjacent to an activating group) is 1. The van der Waals surface area contributed by atoms with E-state index in [2.05, 4.69) is 20.9 Å². The number of rotatable bonds is 4. The van der Waals surface area contributed by atoms with Crippen molar-refractivity contribution in [1.82, 2.24) is 4.90 Å². The molecule has 2 aromatic carbocycles. The van der Waals surface area contributed by atoms with Crippen molar-refractivity contribution in [3.63, 3.8) is 0 Å². The molecule has 1 saturated heterocycles. The van der Waals surface area contributed by atoms with Crippen molar-refractivity contribution in [2.75, 3.05) is 6.54 Å². The second kappa shape index (κ2) is 8.66. The minimum absolute atomic E-state index is 0.104. The van der Waals surface area contributed by atoms with Crippen molar-refractivity contribution in [3.05, 3.63) is 60.5 Å². The highest BCUT2D eigenvalue weighted by Gasteiger charge is 2.32. The van der Waals surface area contributed by atoms with Gasteiger partial charge in [0.25, 0.3) is 5.91 Å². The van der Waals surface area contributed by atoms with E-state index in [9.17, 15) is 14.7 Å². The highest BCUT2D eigenvalue weighted by molar-refractivity contribution is 14.1. The van der Waals surface area contributed by atoms with Gasteiger partial charge >= 0.3 is 5.97 Å². The standard InChI is InChI=1S/C19H14BrIN2O4S/c1-2-23-17(25)15(8-11-6-12(20)9-14(21)16(11)24)28-19(23)22-13-5-3-4-10(7-13)18(26)27/h3-9,24H,2H2,1H3,(H,26,27). The number of aromatic carboxylic acids is 1. The van der Waals surface area contributed by atoms with Crippen LogP contribution >= 0.6 is 50.3 Å². The van der Waals surface area contributed by atoms with Crippen LogP contribution in [0.2, 0.25) is 0 Å². The molecule has 1 aliphatic heterocycles. The van der Waals surface area contributed by atoms with Gasteiger partial charge in [0.1, 0.15) is 5.75 Å². The fourth-order valence-corrected chi connectivity index (χ4v) is 5.13. The molecule has 0 atom stereocenters. The first kappa shape index (κ1) is 20.9. The molecule has 3 rings (SSSR count). The maximum Gasteiger partial charge on any atom is 0.335 e. The molecule has 0 spiro atoms. The first-order chi connectivity index (χ1) is 13.3. The van der Waals surface area contributed by atoms with Crippen LogP contribution in [-0.2, 0) is 4.79 Å². The third-order valence-electron chi connectivity index (χ3n) is 3.87. The SMILES string of the molecule is CCN1C(=O)C(=Cc2cc(Br)cc(I)c2O)SC1=Nc1cccc(C(=O)O)c1. The van der Waals surface area contributed by atoms with Crippen LogP contribution in [0.25, 0.3) is 6.08 Å². The van der Waals surface area contributed by atoms with Crippen molar-refractivity contribution >= 4 is 79.1 Å². The number of benzene rings is 2.